The van der Waals surface area contributed by atoms with E-state index in [1.54, 1.807) is 13.8 Å². The van der Waals surface area contributed by atoms with Crippen LogP contribution in [0.5, 0.6) is 0 Å². The van der Waals surface area contributed by atoms with Gasteiger partial charge in [0.2, 0.25) is 11.0 Å². The van der Waals surface area contributed by atoms with Gasteiger partial charge in [-0.05, 0) is 44.4 Å². The molecule has 0 aliphatic heterocycles. The van der Waals surface area contributed by atoms with Gasteiger partial charge in [0.05, 0.1) is 11.3 Å². The molecule has 0 fully saturated rings. The molecule has 0 spiro atoms. The average molecular weight is 390 g/mol. The fourth-order valence-electron chi connectivity index (χ4n) is 2.02. The lowest BCUT2D eigenvalue weighted by molar-refractivity contribution is -0.121. The first-order valence-corrected chi connectivity index (χ1v) is 10.00. The Labute approximate surface area is 162 Å². The second-order valence-electron chi connectivity index (χ2n) is 6.59. The van der Waals surface area contributed by atoms with Gasteiger partial charge < -0.3 is 10.6 Å². The highest BCUT2D eigenvalue weighted by Gasteiger charge is 2.32. The van der Waals surface area contributed by atoms with Gasteiger partial charge in [0.15, 0.2) is 4.34 Å². The van der Waals surface area contributed by atoms with Gasteiger partial charge in [-0.3, -0.25) is 4.79 Å². The number of nitriles is 1. The Hall–Kier alpha value is -2.11. The highest BCUT2D eigenvalue weighted by molar-refractivity contribution is 8.02. The van der Waals surface area contributed by atoms with Crippen LogP contribution in [-0.2, 0) is 4.79 Å². The lowest BCUT2D eigenvalue weighted by atomic mass is 9.90. The zero-order valence-corrected chi connectivity index (χ0v) is 17.2. The molecule has 0 aliphatic carbocycles. The molecule has 2 N–H and O–H groups in total. The average Bonchev–Trinajstić information content (AvgIpc) is 3.01. The number of thioether (sulfide) groups is 1. The Kier molecular flexibility index (Phi) is 6.62. The molecule has 1 amide bonds. The van der Waals surface area contributed by atoms with Crippen LogP contribution in [-0.4, -0.2) is 26.9 Å². The van der Waals surface area contributed by atoms with Crippen molar-refractivity contribution >= 4 is 39.8 Å². The van der Waals surface area contributed by atoms with Gasteiger partial charge in [0, 0.05) is 5.69 Å². The van der Waals surface area contributed by atoms with Gasteiger partial charge in [-0.1, -0.05) is 49.1 Å². The topological polar surface area (TPSA) is 90.7 Å². The molecule has 0 saturated heterocycles. The number of benzene rings is 1. The standard InChI is InChI=1S/C18H23N5OS2/c1-11(2)18(5,10-19)21-15(24)13(4)25-17-23-22-16(26-17)20-14-8-6-7-12(3)9-14/h6-9,11,13H,1-5H3,(H,20,22)(H,21,24)/t13-,18-/m0/s1. The van der Waals surface area contributed by atoms with Gasteiger partial charge in [-0.25, -0.2) is 0 Å². The fourth-order valence-corrected chi connectivity index (χ4v) is 3.93. The Morgan fingerprint density at radius 3 is 2.69 bits per heavy atom. The van der Waals surface area contributed by atoms with Crippen LogP contribution >= 0.6 is 23.1 Å². The van der Waals surface area contributed by atoms with Gasteiger partial charge >= 0.3 is 0 Å². The summed E-state index contributed by atoms with van der Waals surface area (Å²) < 4.78 is 0.700. The molecule has 1 heterocycles. The van der Waals surface area contributed by atoms with Crippen molar-refractivity contribution in [3.8, 4) is 6.07 Å². The zero-order valence-electron chi connectivity index (χ0n) is 15.5. The van der Waals surface area contributed by atoms with Crippen LogP contribution in [0, 0.1) is 24.2 Å². The van der Waals surface area contributed by atoms with E-state index in [2.05, 4.69) is 26.9 Å². The van der Waals surface area contributed by atoms with Crippen molar-refractivity contribution in [2.45, 2.75) is 49.7 Å². The van der Waals surface area contributed by atoms with Crippen molar-refractivity contribution in [1.82, 2.24) is 15.5 Å². The third-order valence-electron chi connectivity index (χ3n) is 4.09. The first-order valence-electron chi connectivity index (χ1n) is 8.30. The molecule has 2 aromatic rings. The molecule has 6 nitrogen and oxygen atoms in total. The minimum absolute atomic E-state index is 0.0142. The van der Waals surface area contributed by atoms with Gasteiger partial charge in [0.25, 0.3) is 0 Å². The molecule has 0 bridgehead atoms. The molecule has 1 aromatic heterocycles. The van der Waals surface area contributed by atoms with Crippen LogP contribution in [0.15, 0.2) is 28.6 Å². The number of nitrogens with zero attached hydrogens (tertiary/aromatic N) is 3. The normalized spacial score (nSPS) is 14.3. The summed E-state index contributed by atoms with van der Waals surface area (Å²) in [5.41, 5.74) is 1.22. The maximum Gasteiger partial charge on any atom is 0.234 e. The number of aryl methyl sites for hydroxylation is 1. The highest BCUT2D eigenvalue weighted by Crippen LogP contribution is 2.31. The summed E-state index contributed by atoms with van der Waals surface area (Å²) in [6, 6.07) is 10.2. The lowest BCUT2D eigenvalue weighted by Crippen LogP contribution is -2.51. The van der Waals surface area contributed by atoms with E-state index in [-0.39, 0.29) is 17.1 Å². The van der Waals surface area contributed by atoms with Gasteiger partial charge in [0.1, 0.15) is 5.54 Å². The highest BCUT2D eigenvalue weighted by atomic mass is 32.2. The Morgan fingerprint density at radius 2 is 2.08 bits per heavy atom. The summed E-state index contributed by atoms with van der Waals surface area (Å²) in [6.07, 6.45) is 0. The van der Waals surface area contributed by atoms with Crippen LogP contribution in [0.3, 0.4) is 0 Å². The predicted molar refractivity (Wildman–Crippen MR) is 107 cm³/mol. The molecule has 138 valence electrons. The van der Waals surface area contributed by atoms with Crippen molar-refractivity contribution in [3.63, 3.8) is 0 Å². The van der Waals surface area contributed by atoms with E-state index in [4.69, 9.17) is 0 Å². The summed E-state index contributed by atoms with van der Waals surface area (Å²) in [5, 5.41) is 24.0. The van der Waals surface area contributed by atoms with E-state index in [0.29, 0.717) is 9.47 Å². The zero-order chi connectivity index (χ0) is 19.3. The molecule has 0 unspecified atom stereocenters. The van der Waals surface area contributed by atoms with Crippen LogP contribution in [0.4, 0.5) is 10.8 Å². The molecule has 2 atom stereocenters. The summed E-state index contributed by atoms with van der Waals surface area (Å²) in [6.45, 7) is 9.39. The number of aromatic nitrogens is 2. The quantitative estimate of drug-likeness (QED) is 0.692. The Bertz CT molecular complexity index is 814. The number of nitrogens with one attached hydrogen (secondary N) is 2. The van der Waals surface area contributed by atoms with E-state index < -0.39 is 5.54 Å². The van der Waals surface area contributed by atoms with E-state index in [1.807, 2.05) is 45.0 Å². The molecule has 0 saturated carbocycles. The van der Waals surface area contributed by atoms with E-state index in [9.17, 15) is 10.1 Å². The van der Waals surface area contributed by atoms with Crippen molar-refractivity contribution in [3.05, 3.63) is 29.8 Å². The maximum absolute atomic E-state index is 12.4. The fraction of sp³-hybridized carbons (Fsp3) is 0.444. The maximum atomic E-state index is 12.4. The molecule has 0 aliphatic rings. The van der Waals surface area contributed by atoms with E-state index in [1.165, 1.54) is 23.1 Å². The van der Waals surface area contributed by atoms with Gasteiger partial charge in [-0.15, -0.1) is 10.2 Å². The summed E-state index contributed by atoms with van der Waals surface area (Å²) >= 11 is 2.73. The lowest BCUT2D eigenvalue weighted by Gasteiger charge is -2.28. The summed E-state index contributed by atoms with van der Waals surface area (Å²) in [7, 11) is 0. The molecule has 2 rings (SSSR count). The number of hydrogen-bond donors (Lipinski definition) is 2. The minimum Gasteiger partial charge on any atom is -0.337 e. The first kappa shape index (κ1) is 20.2. The smallest absolute Gasteiger partial charge is 0.234 e. The van der Waals surface area contributed by atoms with Crippen molar-refractivity contribution in [2.24, 2.45) is 5.92 Å². The molecule has 1 aromatic carbocycles. The third kappa shape index (κ3) is 5.19. The monoisotopic (exact) mass is 389 g/mol. The van der Waals surface area contributed by atoms with Crippen LogP contribution in [0.1, 0.15) is 33.3 Å². The van der Waals surface area contributed by atoms with Crippen LogP contribution in [0.25, 0.3) is 0 Å². The number of rotatable bonds is 7. The third-order valence-corrected chi connectivity index (χ3v) is 6.12. The molecular weight excluding hydrogens is 366 g/mol. The molecule has 8 heteroatoms. The predicted octanol–water partition coefficient (Wildman–Crippen LogP) is 4.13. The number of anilines is 2. The molecule has 0 radical (unpaired) electrons. The van der Waals surface area contributed by atoms with Crippen molar-refractivity contribution < 1.29 is 4.79 Å². The second-order valence-corrected chi connectivity index (χ2v) is 9.15. The number of amides is 1. The molecule has 26 heavy (non-hydrogen) atoms. The van der Waals surface area contributed by atoms with E-state index >= 15 is 0 Å². The van der Waals surface area contributed by atoms with Crippen LogP contribution in [0.2, 0.25) is 0 Å². The van der Waals surface area contributed by atoms with E-state index in [0.717, 1.165) is 11.3 Å². The SMILES string of the molecule is Cc1cccc(Nc2nnc(S[C@@H](C)C(=O)N[C@@](C)(C#N)C(C)C)s2)c1. The summed E-state index contributed by atoms with van der Waals surface area (Å²) in [4.78, 5) is 12.4. The Morgan fingerprint density at radius 1 is 1.35 bits per heavy atom. The van der Waals surface area contributed by atoms with Gasteiger partial charge in [-0.2, -0.15) is 5.26 Å². The first-order chi connectivity index (χ1) is 12.2. The van der Waals surface area contributed by atoms with Crippen LogP contribution < -0.4 is 10.6 Å². The number of hydrogen-bond acceptors (Lipinski definition) is 7. The minimum atomic E-state index is -0.884. The summed E-state index contributed by atoms with van der Waals surface area (Å²) in [5.74, 6) is -0.170. The number of carbonyl (C=O) groups is 1. The Balaban J connectivity index is 1.97. The molecular formula is C18H23N5OS2. The largest absolute Gasteiger partial charge is 0.337 e. The van der Waals surface area contributed by atoms with Crippen molar-refractivity contribution in [1.29, 1.82) is 5.26 Å². The second kappa shape index (κ2) is 8.52. The number of carbonyl (C=O) groups excluding carboxylic acids is 1. The van der Waals surface area contributed by atoms with Crippen molar-refractivity contribution in [2.75, 3.05) is 5.32 Å².